The molecule has 0 saturated heterocycles. The molecule has 0 atom stereocenters. The fraction of sp³-hybridized carbons (Fsp3) is 0. The molecule has 2 rings (SSSR count). The minimum absolute atomic E-state index is 0.560. The van der Waals surface area contributed by atoms with Crippen molar-refractivity contribution in [3.63, 3.8) is 0 Å². The van der Waals surface area contributed by atoms with E-state index in [-0.39, 0.29) is 0 Å². The number of H-pyrrole nitrogens is 1. The zero-order valence-electron chi connectivity index (χ0n) is 5.60. The third-order valence-electron chi connectivity index (χ3n) is 1.20. The van der Waals surface area contributed by atoms with Crippen LogP contribution >= 0.6 is 0 Å². The van der Waals surface area contributed by atoms with Gasteiger partial charge in [-0.2, -0.15) is 0 Å². The lowest BCUT2D eigenvalue weighted by Gasteiger charge is -1.89. The molecule has 5 heteroatoms. The second kappa shape index (κ2) is 2.45. The van der Waals surface area contributed by atoms with Crippen LogP contribution in [0.15, 0.2) is 25.0 Å². The van der Waals surface area contributed by atoms with Gasteiger partial charge in [0.25, 0.3) is 0 Å². The van der Waals surface area contributed by atoms with Crippen molar-refractivity contribution in [2.45, 2.75) is 0 Å². The highest BCUT2D eigenvalue weighted by atomic mass is 15.0. The predicted molar refractivity (Wildman–Crippen MR) is 37.4 cm³/mol. The molecule has 0 aromatic carbocycles. The SMILES string of the molecule is c1ncnc(-c2ncc[nH]2)n1. The standard InChI is InChI=1S/C6H5N5/c1-2-9-5(8-1)6-10-3-7-4-11-6/h1-4H,(H,8,9). The maximum atomic E-state index is 3.98. The Balaban J connectivity index is 2.46. The Kier molecular flexibility index (Phi) is 1.33. The van der Waals surface area contributed by atoms with E-state index in [1.807, 2.05) is 0 Å². The first-order valence-electron chi connectivity index (χ1n) is 3.08. The molecule has 2 aromatic rings. The van der Waals surface area contributed by atoms with E-state index in [9.17, 15) is 0 Å². The first kappa shape index (κ1) is 5.96. The lowest BCUT2D eigenvalue weighted by atomic mass is 10.6. The summed E-state index contributed by atoms with van der Waals surface area (Å²) in [6.45, 7) is 0. The van der Waals surface area contributed by atoms with Crippen LogP contribution < -0.4 is 0 Å². The molecule has 2 aromatic heterocycles. The third-order valence-corrected chi connectivity index (χ3v) is 1.20. The molecule has 2 heterocycles. The second-order valence-corrected chi connectivity index (χ2v) is 1.90. The average molecular weight is 147 g/mol. The number of hydrogen-bond donors (Lipinski definition) is 1. The first-order chi connectivity index (χ1) is 5.47. The summed E-state index contributed by atoms with van der Waals surface area (Å²) in [5.74, 6) is 1.22. The number of aromatic nitrogens is 5. The molecule has 0 saturated carbocycles. The van der Waals surface area contributed by atoms with Gasteiger partial charge in [-0.05, 0) is 0 Å². The van der Waals surface area contributed by atoms with Crippen LogP contribution in [0.2, 0.25) is 0 Å². The minimum atomic E-state index is 0.560. The first-order valence-corrected chi connectivity index (χ1v) is 3.08. The van der Waals surface area contributed by atoms with Gasteiger partial charge in [-0.15, -0.1) is 0 Å². The number of nitrogens with zero attached hydrogens (tertiary/aromatic N) is 4. The van der Waals surface area contributed by atoms with Crippen molar-refractivity contribution in [2.75, 3.05) is 0 Å². The van der Waals surface area contributed by atoms with Crippen molar-refractivity contribution >= 4 is 0 Å². The van der Waals surface area contributed by atoms with Crippen LogP contribution in [-0.2, 0) is 0 Å². The Morgan fingerprint density at radius 1 is 1.09 bits per heavy atom. The summed E-state index contributed by atoms with van der Waals surface area (Å²) in [5.41, 5.74) is 0. The van der Waals surface area contributed by atoms with Crippen molar-refractivity contribution in [3.05, 3.63) is 25.0 Å². The largest absolute Gasteiger partial charge is 0.342 e. The van der Waals surface area contributed by atoms with Crippen LogP contribution in [0.25, 0.3) is 11.6 Å². The molecule has 0 fully saturated rings. The van der Waals surface area contributed by atoms with Gasteiger partial charge in [-0.3, -0.25) is 0 Å². The molecule has 0 radical (unpaired) electrons. The number of rotatable bonds is 1. The Labute approximate surface area is 62.6 Å². The third kappa shape index (κ3) is 1.07. The van der Waals surface area contributed by atoms with Crippen LogP contribution in [0.1, 0.15) is 0 Å². The van der Waals surface area contributed by atoms with Crippen molar-refractivity contribution in [2.24, 2.45) is 0 Å². The number of nitrogens with one attached hydrogen (secondary N) is 1. The van der Waals surface area contributed by atoms with Crippen LogP contribution in [0.5, 0.6) is 0 Å². The summed E-state index contributed by atoms with van der Waals surface area (Å²) in [6.07, 6.45) is 6.24. The van der Waals surface area contributed by atoms with Crippen LogP contribution in [0.3, 0.4) is 0 Å². The van der Waals surface area contributed by atoms with Gasteiger partial charge in [0.15, 0.2) is 11.6 Å². The van der Waals surface area contributed by atoms with E-state index in [1.165, 1.54) is 12.7 Å². The number of imidazole rings is 1. The van der Waals surface area contributed by atoms with Gasteiger partial charge in [0, 0.05) is 12.4 Å². The van der Waals surface area contributed by atoms with Crippen molar-refractivity contribution in [3.8, 4) is 11.6 Å². The summed E-state index contributed by atoms with van der Waals surface area (Å²) in [5, 5.41) is 0. The van der Waals surface area contributed by atoms with Crippen molar-refractivity contribution in [1.82, 2.24) is 24.9 Å². The molecule has 0 aliphatic rings. The van der Waals surface area contributed by atoms with E-state index in [2.05, 4.69) is 24.9 Å². The lowest BCUT2D eigenvalue weighted by molar-refractivity contribution is 1.03. The quantitative estimate of drug-likeness (QED) is 0.628. The molecule has 0 amide bonds. The molecular weight excluding hydrogens is 142 g/mol. The molecular formula is C6H5N5. The monoisotopic (exact) mass is 147 g/mol. The number of hydrogen-bond acceptors (Lipinski definition) is 4. The summed E-state index contributed by atoms with van der Waals surface area (Å²) < 4.78 is 0. The Morgan fingerprint density at radius 3 is 2.55 bits per heavy atom. The summed E-state index contributed by atoms with van der Waals surface area (Å²) in [4.78, 5) is 18.4. The average Bonchev–Trinajstić information content (AvgIpc) is 2.58. The smallest absolute Gasteiger partial charge is 0.198 e. The van der Waals surface area contributed by atoms with Gasteiger partial charge in [-0.1, -0.05) is 0 Å². The fourth-order valence-corrected chi connectivity index (χ4v) is 0.749. The van der Waals surface area contributed by atoms with E-state index in [1.54, 1.807) is 12.4 Å². The van der Waals surface area contributed by atoms with Gasteiger partial charge >= 0.3 is 0 Å². The molecule has 11 heavy (non-hydrogen) atoms. The van der Waals surface area contributed by atoms with Crippen LogP contribution in [-0.4, -0.2) is 24.9 Å². The highest BCUT2D eigenvalue weighted by Crippen LogP contribution is 2.03. The van der Waals surface area contributed by atoms with E-state index in [0.717, 1.165) is 0 Å². The fourth-order valence-electron chi connectivity index (χ4n) is 0.749. The van der Waals surface area contributed by atoms with E-state index >= 15 is 0 Å². The van der Waals surface area contributed by atoms with E-state index in [0.29, 0.717) is 11.6 Å². The highest BCUT2D eigenvalue weighted by Gasteiger charge is 1.99. The maximum absolute atomic E-state index is 3.98. The van der Waals surface area contributed by atoms with E-state index < -0.39 is 0 Å². The van der Waals surface area contributed by atoms with Gasteiger partial charge in [-0.25, -0.2) is 19.9 Å². The zero-order chi connectivity index (χ0) is 7.52. The van der Waals surface area contributed by atoms with Gasteiger partial charge in [0.1, 0.15) is 12.7 Å². The maximum Gasteiger partial charge on any atom is 0.198 e. The Morgan fingerprint density at radius 2 is 1.91 bits per heavy atom. The molecule has 54 valence electrons. The molecule has 0 unspecified atom stereocenters. The zero-order valence-corrected chi connectivity index (χ0v) is 5.60. The van der Waals surface area contributed by atoms with Crippen LogP contribution in [0, 0.1) is 0 Å². The van der Waals surface area contributed by atoms with Crippen molar-refractivity contribution in [1.29, 1.82) is 0 Å². The topological polar surface area (TPSA) is 67.3 Å². The van der Waals surface area contributed by atoms with E-state index in [4.69, 9.17) is 0 Å². The highest BCUT2D eigenvalue weighted by molar-refractivity contribution is 5.40. The molecule has 0 aliphatic carbocycles. The normalized spacial score (nSPS) is 9.82. The Hall–Kier alpha value is -1.78. The lowest BCUT2D eigenvalue weighted by Crippen LogP contribution is -1.89. The molecule has 0 bridgehead atoms. The van der Waals surface area contributed by atoms with Crippen molar-refractivity contribution < 1.29 is 0 Å². The van der Waals surface area contributed by atoms with Gasteiger partial charge in [0.2, 0.25) is 0 Å². The molecule has 5 nitrogen and oxygen atoms in total. The second-order valence-electron chi connectivity index (χ2n) is 1.90. The summed E-state index contributed by atoms with van der Waals surface area (Å²) >= 11 is 0. The Bertz CT molecular complexity index is 314. The predicted octanol–water partition coefficient (Wildman–Crippen LogP) is 0.262. The van der Waals surface area contributed by atoms with Gasteiger partial charge < -0.3 is 4.98 Å². The number of aromatic amines is 1. The summed E-state index contributed by atoms with van der Waals surface area (Å²) in [6, 6.07) is 0. The molecule has 1 N–H and O–H groups in total. The molecule has 0 aliphatic heterocycles. The van der Waals surface area contributed by atoms with Gasteiger partial charge in [0.05, 0.1) is 0 Å². The summed E-state index contributed by atoms with van der Waals surface area (Å²) in [7, 11) is 0. The van der Waals surface area contributed by atoms with Crippen LogP contribution in [0.4, 0.5) is 0 Å². The minimum Gasteiger partial charge on any atom is -0.342 e. The molecule has 0 spiro atoms.